The van der Waals surface area contributed by atoms with Gasteiger partial charge in [0, 0.05) is 6.54 Å². The minimum Gasteiger partial charge on any atom is -0.495 e. The van der Waals surface area contributed by atoms with Gasteiger partial charge in [-0.15, -0.1) is 0 Å². The summed E-state index contributed by atoms with van der Waals surface area (Å²) in [5, 5.41) is 0. The summed E-state index contributed by atoms with van der Waals surface area (Å²) >= 11 is 0. The second kappa shape index (κ2) is 4.52. The molecule has 0 atom stereocenters. The lowest BCUT2D eigenvalue weighted by molar-refractivity contribution is 0.417. The maximum Gasteiger partial charge on any atom is 0.141 e. The summed E-state index contributed by atoms with van der Waals surface area (Å²) in [4.78, 5) is 0. The van der Waals surface area contributed by atoms with Gasteiger partial charge < -0.3 is 16.2 Å². The van der Waals surface area contributed by atoms with Crippen molar-refractivity contribution in [2.75, 3.05) is 19.4 Å². The summed E-state index contributed by atoms with van der Waals surface area (Å²) in [6, 6.07) is 5.62. The third kappa shape index (κ3) is 2.49. The Balaban J connectivity index is 2.89. The van der Waals surface area contributed by atoms with Gasteiger partial charge in [0.2, 0.25) is 0 Å². The first-order valence-electron chi connectivity index (χ1n) is 4.08. The fraction of sp³-hybridized carbons (Fsp3) is 0.200. The van der Waals surface area contributed by atoms with E-state index in [1.165, 1.54) is 0 Å². The molecule has 3 heteroatoms. The van der Waals surface area contributed by atoms with Gasteiger partial charge in [-0.2, -0.15) is 0 Å². The molecule has 1 aromatic carbocycles. The smallest absolute Gasteiger partial charge is 0.141 e. The predicted molar refractivity (Wildman–Crippen MR) is 55.5 cm³/mol. The maximum absolute atomic E-state index is 5.71. The minimum absolute atomic E-state index is 0.534. The van der Waals surface area contributed by atoms with Crippen LogP contribution in [0.3, 0.4) is 0 Å². The van der Waals surface area contributed by atoms with Crippen molar-refractivity contribution in [3.05, 3.63) is 29.8 Å². The van der Waals surface area contributed by atoms with E-state index in [1.807, 2.05) is 30.4 Å². The first-order chi connectivity index (χ1) is 6.27. The summed E-state index contributed by atoms with van der Waals surface area (Å²) in [7, 11) is 1.60. The van der Waals surface area contributed by atoms with Crippen LogP contribution in [0.5, 0.6) is 5.75 Å². The molecule has 1 rings (SSSR count). The van der Waals surface area contributed by atoms with Gasteiger partial charge in [0.05, 0.1) is 12.8 Å². The van der Waals surface area contributed by atoms with E-state index in [9.17, 15) is 0 Å². The van der Waals surface area contributed by atoms with Crippen LogP contribution in [0.4, 0.5) is 5.69 Å². The average Bonchev–Trinajstić information content (AvgIpc) is 2.15. The van der Waals surface area contributed by atoms with Crippen molar-refractivity contribution >= 4 is 11.8 Å². The molecule has 3 nitrogen and oxygen atoms in total. The molecular weight excluding hydrogens is 164 g/mol. The van der Waals surface area contributed by atoms with E-state index < -0.39 is 0 Å². The Morgan fingerprint density at radius 2 is 2.23 bits per heavy atom. The van der Waals surface area contributed by atoms with Crippen LogP contribution in [0.15, 0.2) is 24.3 Å². The zero-order chi connectivity index (χ0) is 9.68. The van der Waals surface area contributed by atoms with Gasteiger partial charge in [-0.1, -0.05) is 18.2 Å². The number of hydrogen-bond acceptors (Lipinski definition) is 3. The quantitative estimate of drug-likeness (QED) is 0.685. The Labute approximate surface area is 78.0 Å². The lowest BCUT2D eigenvalue weighted by Crippen LogP contribution is -1.93. The number of methoxy groups -OCH3 is 1. The van der Waals surface area contributed by atoms with Crippen LogP contribution in [-0.2, 0) is 0 Å². The second-order valence-corrected chi connectivity index (χ2v) is 2.64. The van der Waals surface area contributed by atoms with Gasteiger partial charge in [0.1, 0.15) is 5.75 Å². The van der Waals surface area contributed by atoms with Gasteiger partial charge >= 0.3 is 0 Å². The van der Waals surface area contributed by atoms with Crippen molar-refractivity contribution in [2.45, 2.75) is 0 Å². The number of hydrogen-bond donors (Lipinski definition) is 2. The molecule has 1 aromatic rings. The van der Waals surface area contributed by atoms with Gasteiger partial charge in [-0.3, -0.25) is 0 Å². The molecule has 13 heavy (non-hydrogen) atoms. The highest BCUT2D eigenvalue weighted by Crippen LogP contribution is 2.22. The molecule has 0 bridgehead atoms. The van der Waals surface area contributed by atoms with Crippen LogP contribution in [0.25, 0.3) is 6.08 Å². The van der Waals surface area contributed by atoms with E-state index >= 15 is 0 Å². The normalized spacial score (nSPS) is 10.6. The first-order valence-corrected chi connectivity index (χ1v) is 4.08. The van der Waals surface area contributed by atoms with E-state index in [-0.39, 0.29) is 0 Å². The number of nitrogen functional groups attached to an aromatic ring is 1. The average molecular weight is 178 g/mol. The molecule has 0 fully saturated rings. The SMILES string of the molecule is COc1ccc(C=CCN)cc1N. The largest absolute Gasteiger partial charge is 0.495 e. The Morgan fingerprint density at radius 1 is 1.46 bits per heavy atom. The first kappa shape index (κ1) is 9.61. The summed E-state index contributed by atoms with van der Waals surface area (Å²) in [5.41, 5.74) is 12.7. The van der Waals surface area contributed by atoms with E-state index in [0.29, 0.717) is 18.0 Å². The molecular formula is C10H14N2O. The molecule has 0 aliphatic carbocycles. The van der Waals surface area contributed by atoms with Gasteiger partial charge in [-0.05, 0) is 17.7 Å². The molecule has 4 N–H and O–H groups in total. The monoisotopic (exact) mass is 178 g/mol. The van der Waals surface area contributed by atoms with Crippen molar-refractivity contribution in [2.24, 2.45) is 5.73 Å². The molecule has 0 amide bonds. The van der Waals surface area contributed by atoms with Crippen LogP contribution < -0.4 is 16.2 Å². The summed E-state index contributed by atoms with van der Waals surface area (Å²) < 4.78 is 5.03. The zero-order valence-electron chi connectivity index (χ0n) is 7.66. The van der Waals surface area contributed by atoms with Gasteiger partial charge in [0.25, 0.3) is 0 Å². The molecule has 0 radical (unpaired) electrons. The third-order valence-electron chi connectivity index (χ3n) is 1.70. The Hall–Kier alpha value is -1.48. The van der Waals surface area contributed by atoms with Crippen molar-refractivity contribution in [3.8, 4) is 5.75 Å². The van der Waals surface area contributed by atoms with E-state index in [0.717, 1.165) is 5.56 Å². The standard InChI is InChI=1S/C10H14N2O/c1-13-10-5-4-8(3-2-6-11)7-9(10)12/h2-5,7H,6,11-12H2,1H3. The van der Waals surface area contributed by atoms with Gasteiger partial charge in [-0.25, -0.2) is 0 Å². The summed E-state index contributed by atoms with van der Waals surface area (Å²) in [6.07, 6.45) is 3.80. The van der Waals surface area contributed by atoms with Crippen molar-refractivity contribution in [1.29, 1.82) is 0 Å². The molecule has 0 unspecified atom stereocenters. The number of nitrogens with two attached hydrogens (primary N) is 2. The van der Waals surface area contributed by atoms with Crippen molar-refractivity contribution in [3.63, 3.8) is 0 Å². The molecule has 0 aromatic heterocycles. The lowest BCUT2D eigenvalue weighted by atomic mass is 10.2. The molecule has 0 saturated carbocycles. The van der Waals surface area contributed by atoms with Crippen LogP contribution >= 0.6 is 0 Å². The topological polar surface area (TPSA) is 61.3 Å². The van der Waals surface area contributed by atoms with Crippen molar-refractivity contribution < 1.29 is 4.74 Å². The van der Waals surface area contributed by atoms with Gasteiger partial charge in [0.15, 0.2) is 0 Å². The second-order valence-electron chi connectivity index (χ2n) is 2.64. The maximum atomic E-state index is 5.71. The number of anilines is 1. The molecule has 0 heterocycles. The summed E-state index contributed by atoms with van der Waals surface area (Å²) in [6.45, 7) is 0.534. The number of ether oxygens (including phenoxy) is 1. The van der Waals surface area contributed by atoms with Crippen LogP contribution in [0, 0.1) is 0 Å². The minimum atomic E-state index is 0.534. The van der Waals surface area contributed by atoms with Crippen LogP contribution in [-0.4, -0.2) is 13.7 Å². The highest BCUT2D eigenvalue weighted by Gasteiger charge is 1.97. The number of rotatable bonds is 3. The third-order valence-corrected chi connectivity index (χ3v) is 1.70. The number of benzene rings is 1. The lowest BCUT2D eigenvalue weighted by Gasteiger charge is -2.04. The van der Waals surface area contributed by atoms with Crippen LogP contribution in [0.1, 0.15) is 5.56 Å². The summed E-state index contributed by atoms with van der Waals surface area (Å²) in [5.74, 6) is 0.699. The predicted octanol–water partition coefficient (Wildman–Crippen LogP) is 1.25. The molecule has 0 aliphatic rings. The Kier molecular flexibility index (Phi) is 3.34. The Morgan fingerprint density at radius 3 is 2.77 bits per heavy atom. The van der Waals surface area contributed by atoms with E-state index in [1.54, 1.807) is 7.11 Å². The van der Waals surface area contributed by atoms with Crippen LogP contribution in [0.2, 0.25) is 0 Å². The fourth-order valence-electron chi connectivity index (χ4n) is 1.06. The highest BCUT2D eigenvalue weighted by molar-refractivity contribution is 5.61. The highest BCUT2D eigenvalue weighted by atomic mass is 16.5. The Bertz CT molecular complexity index is 308. The molecule has 0 spiro atoms. The molecule has 0 saturated heterocycles. The molecule has 0 aliphatic heterocycles. The molecule has 70 valence electrons. The van der Waals surface area contributed by atoms with E-state index in [4.69, 9.17) is 16.2 Å². The fourth-order valence-corrected chi connectivity index (χ4v) is 1.06. The zero-order valence-corrected chi connectivity index (χ0v) is 7.66. The van der Waals surface area contributed by atoms with E-state index in [2.05, 4.69) is 0 Å². The van der Waals surface area contributed by atoms with Crippen molar-refractivity contribution in [1.82, 2.24) is 0 Å².